The van der Waals surface area contributed by atoms with Gasteiger partial charge in [0.2, 0.25) is 0 Å². The molecule has 0 atom stereocenters. The smallest absolute Gasteiger partial charge is 0.305 e. The predicted octanol–water partition coefficient (Wildman–Crippen LogP) is 4.90. The molecule has 0 spiro atoms. The van der Waals surface area contributed by atoms with Gasteiger partial charge in [0.15, 0.2) is 0 Å². The highest BCUT2D eigenvalue weighted by Gasteiger charge is 2.52. The van der Waals surface area contributed by atoms with Gasteiger partial charge in [0.1, 0.15) is 11.6 Å². The summed E-state index contributed by atoms with van der Waals surface area (Å²) in [7, 11) is 0. The molecule has 1 heterocycles. The lowest BCUT2D eigenvalue weighted by atomic mass is 9.97. The molecular formula is C26H23N3O2. The number of amides is 3. The maximum absolute atomic E-state index is 13.4. The Bertz CT molecular complexity index is 1180. The fraction of sp³-hybridized carbons (Fsp3) is 0.192. The van der Waals surface area contributed by atoms with Crippen LogP contribution in [0.15, 0.2) is 78.9 Å². The second-order valence-electron chi connectivity index (χ2n) is 8.13. The van der Waals surface area contributed by atoms with Crippen LogP contribution in [0, 0.1) is 11.3 Å². The molecule has 0 saturated carbocycles. The summed E-state index contributed by atoms with van der Waals surface area (Å²) in [5.74, 6) is -0.333. The molecule has 0 N–H and O–H groups in total. The summed E-state index contributed by atoms with van der Waals surface area (Å²) in [6.07, 6.45) is 0.744. The molecule has 4 rings (SSSR count). The molecule has 154 valence electrons. The van der Waals surface area contributed by atoms with E-state index in [0.29, 0.717) is 17.8 Å². The highest BCUT2D eigenvalue weighted by Crippen LogP contribution is 2.35. The Balaban J connectivity index is 1.67. The van der Waals surface area contributed by atoms with Crippen molar-refractivity contribution in [2.45, 2.75) is 32.4 Å². The van der Waals surface area contributed by atoms with Gasteiger partial charge in [0.05, 0.1) is 11.3 Å². The van der Waals surface area contributed by atoms with Crippen LogP contribution in [0.4, 0.5) is 10.5 Å². The van der Waals surface area contributed by atoms with E-state index >= 15 is 0 Å². The summed E-state index contributed by atoms with van der Waals surface area (Å²) >= 11 is 0. The van der Waals surface area contributed by atoms with Crippen LogP contribution in [0.1, 0.15) is 36.1 Å². The molecule has 3 amide bonds. The molecule has 31 heavy (non-hydrogen) atoms. The second-order valence-corrected chi connectivity index (χ2v) is 8.13. The number of carbonyl (C=O) groups is 2. The maximum atomic E-state index is 13.4. The molecule has 0 aliphatic carbocycles. The first-order valence-electron chi connectivity index (χ1n) is 10.2. The van der Waals surface area contributed by atoms with Crippen molar-refractivity contribution in [2.24, 2.45) is 0 Å². The largest absolute Gasteiger partial charge is 0.332 e. The summed E-state index contributed by atoms with van der Waals surface area (Å²) < 4.78 is 0. The van der Waals surface area contributed by atoms with E-state index in [2.05, 4.69) is 24.3 Å². The van der Waals surface area contributed by atoms with Crippen molar-refractivity contribution in [3.8, 4) is 6.07 Å². The number of carbonyl (C=O) groups excluding carboxylic acids is 2. The number of urea groups is 1. The van der Waals surface area contributed by atoms with Crippen molar-refractivity contribution in [3.63, 3.8) is 0 Å². The quantitative estimate of drug-likeness (QED) is 0.563. The molecule has 0 radical (unpaired) electrons. The molecule has 1 aliphatic heterocycles. The first-order valence-corrected chi connectivity index (χ1v) is 10.2. The van der Waals surface area contributed by atoms with Gasteiger partial charge in [-0.2, -0.15) is 5.26 Å². The third-order valence-electron chi connectivity index (χ3n) is 5.77. The molecule has 0 unspecified atom stereocenters. The summed E-state index contributed by atoms with van der Waals surface area (Å²) in [5, 5.41) is 9.45. The standard InChI is InChI=1S/C26H23N3O2/c1-26(2)24(30)29(23-15-9-8-13-21(23)17-27)25(31)28(26)18-22-14-7-6-12-20(22)16-19-10-4-3-5-11-19/h3-15H,16,18H2,1-2H3. The average molecular weight is 409 g/mol. The summed E-state index contributed by atoms with van der Waals surface area (Å²) in [5.41, 5.74) is 2.89. The SMILES string of the molecule is CC1(C)C(=O)N(c2ccccc2C#N)C(=O)N1Cc1ccccc1Cc1ccccc1. The minimum Gasteiger partial charge on any atom is -0.305 e. The molecule has 0 aromatic heterocycles. The van der Waals surface area contributed by atoms with Gasteiger partial charge in [-0.05, 0) is 49.1 Å². The fourth-order valence-electron chi connectivity index (χ4n) is 3.95. The van der Waals surface area contributed by atoms with Crippen LogP contribution in [0.3, 0.4) is 0 Å². The van der Waals surface area contributed by atoms with Crippen LogP contribution < -0.4 is 4.90 Å². The molecule has 3 aromatic carbocycles. The third-order valence-corrected chi connectivity index (χ3v) is 5.77. The molecule has 1 aliphatic rings. The number of nitriles is 1. The number of para-hydroxylation sites is 1. The van der Waals surface area contributed by atoms with E-state index in [1.165, 1.54) is 5.56 Å². The van der Waals surface area contributed by atoms with Gasteiger partial charge in [-0.3, -0.25) is 4.79 Å². The second kappa shape index (κ2) is 8.08. The zero-order chi connectivity index (χ0) is 22.0. The molecular weight excluding hydrogens is 386 g/mol. The van der Waals surface area contributed by atoms with Crippen molar-refractivity contribution in [2.75, 3.05) is 4.90 Å². The lowest BCUT2D eigenvalue weighted by molar-refractivity contribution is -0.123. The van der Waals surface area contributed by atoms with Crippen molar-refractivity contribution in [1.82, 2.24) is 4.90 Å². The molecule has 3 aromatic rings. The van der Waals surface area contributed by atoms with Crippen LogP contribution in [-0.4, -0.2) is 22.4 Å². The number of benzene rings is 3. The molecule has 0 bridgehead atoms. The van der Waals surface area contributed by atoms with Crippen molar-refractivity contribution in [3.05, 3.63) is 101 Å². The molecule has 5 nitrogen and oxygen atoms in total. The minimum absolute atomic E-state index is 0.298. The van der Waals surface area contributed by atoms with Crippen LogP contribution in [0.25, 0.3) is 0 Å². The number of rotatable bonds is 5. The normalized spacial score (nSPS) is 15.3. The lowest BCUT2D eigenvalue weighted by Gasteiger charge is -2.28. The Morgan fingerprint density at radius 3 is 2.16 bits per heavy atom. The zero-order valence-electron chi connectivity index (χ0n) is 17.6. The van der Waals surface area contributed by atoms with Gasteiger partial charge in [0, 0.05) is 6.54 Å². The van der Waals surface area contributed by atoms with Gasteiger partial charge in [-0.15, -0.1) is 0 Å². The first kappa shape index (κ1) is 20.4. The van der Waals surface area contributed by atoms with E-state index in [9.17, 15) is 14.9 Å². The van der Waals surface area contributed by atoms with Gasteiger partial charge < -0.3 is 4.90 Å². The monoisotopic (exact) mass is 409 g/mol. The van der Waals surface area contributed by atoms with E-state index in [-0.39, 0.29) is 5.91 Å². The van der Waals surface area contributed by atoms with Gasteiger partial charge in [-0.25, -0.2) is 9.69 Å². The fourth-order valence-corrected chi connectivity index (χ4v) is 3.95. The number of hydrogen-bond donors (Lipinski definition) is 0. The van der Waals surface area contributed by atoms with Gasteiger partial charge in [-0.1, -0.05) is 66.7 Å². The summed E-state index contributed by atoms with van der Waals surface area (Å²) in [6.45, 7) is 3.82. The van der Waals surface area contributed by atoms with Crippen molar-refractivity contribution >= 4 is 17.6 Å². The number of anilines is 1. The highest BCUT2D eigenvalue weighted by molar-refractivity contribution is 6.23. The number of imide groups is 1. The van der Waals surface area contributed by atoms with E-state index < -0.39 is 11.6 Å². The highest BCUT2D eigenvalue weighted by atomic mass is 16.2. The van der Waals surface area contributed by atoms with E-state index in [1.54, 1.807) is 43.0 Å². The Hall–Kier alpha value is -3.91. The van der Waals surface area contributed by atoms with E-state index in [4.69, 9.17) is 0 Å². The Kier molecular flexibility index (Phi) is 5.31. The molecule has 1 saturated heterocycles. The number of nitrogens with zero attached hydrogens (tertiary/aromatic N) is 3. The van der Waals surface area contributed by atoms with Crippen LogP contribution >= 0.6 is 0 Å². The maximum Gasteiger partial charge on any atom is 0.332 e. The average Bonchev–Trinajstić information content (AvgIpc) is 2.95. The number of hydrogen-bond acceptors (Lipinski definition) is 3. The van der Waals surface area contributed by atoms with Crippen LogP contribution in [-0.2, 0) is 17.8 Å². The van der Waals surface area contributed by atoms with Gasteiger partial charge >= 0.3 is 6.03 Å². The lowest BCUT2D eigenvalue weighted by Crippen LogP contribution is -2.43. The molecule has 5 heteroatoms. The Morgan fingerprint density at radius 1 is 0.839 bits per heavy atom. The van der Waals surface area contributed by atoms with Crippen LogP contribution in [0.2, 0.25) is 0 Å². The van der Waals surface area contributed by atoms with Crippen molar-refractivity contribution < 1.29 is 9.59 Å². The Labute approximate surface area is 182 Å². The molecule has 1 fully saturated rings. The van der Waals surface area contributed by atoms with Crippen molar-refractivity contribution in [1.29, 1.82) is 5.26 Å². The Morgan fingerprint density at radius 2 is 1.45 bits per heavy atom. The predicted molar refractivity (Wildman–Crippen MR) is 119 cm³/mol. The minimum atomic E-state index is -1.03. The van der Waals surface area contributed by atoms with Crippen LogP contribution in [0.5, 0.6) is 0 Å². The zero-order valence-corrected chi connectivity index (χ0v) is 17.6. The first-order chi connectivity index (χ1) is 14.9. The van der Waals surface area contributed by atoms with E-state index in [0.717, 1.165) is 22.4 Å². The summed E-state index contributed by atoms with van der Waals surface area (Å²) in [4.78, 5) is 29.4. The van der Waals surface area contributed by atoms with Gasteiger partial charge in [0.25, 0.3) is 5.91 Å². The topological polar surface area (TPSA) is 64.4 Å². The third kappa shape index (κ3) is 3.69. The summed E-state index contributed by atoms with van der Waals surface area (Å²) in [6, 6.07) is 26.5. The van der Waals surface area contributed by atoms with E-state index in [1.807, 2.05) is 36.4 Å².